The summed E-state index contributed by atoms with van der Waals surface area (Å²) in [5, 5.41) is 31.0. The molecule has 1 amide bonds. The molecule has 0 aliphatic carbocycles. The Hall–Kier alpha value is -2.75. The minimum absolute atomic E-state index is 0.0386. The van der Waals surface area contributed by atoms with Crippen LogP contribution in [-0.4, -0.2) is 44.6 Å². The molecule has 19 heavy (non-hydrogen) atoms. The molecular weight excluding hydrogens is 260 g/mol. The number of amides is 1. The third-order valence-electron chi connectivity index (χ3n) is 2.11. The molecule has 102 valence electrons. The Labute approximate surface area is 106 Å². The number of carbonyl (C=O) groups excluding carboxylic acids is 1. The highest BCUT2D eigenvalue weighted by Gasteiger charge is 2.21. The van der Waals surface area contributed by atoms with Crippen LogP contribution >= 0.6 is 0 Å². The quantitative estimate of drug-likeness (QED) is 0.374. The molecule has 0 radical (unpaired) electrons. The molecule has 0 aromatic carbocycles. The number of pyridine rings is 1. The number of aromatic nitrogens is 1. The Kier molecular flexibility index (Phi) is 4.32. The zero-order valence-electron chi connectivity index (χ0n) is 9.44. The molecule has 10 nitrogen and oxygen atoms in total. The average molecular weight is 270 g/mol. The first-order valence-corrected chi connectivity index (χ1v) is 4.92. The summed E-state index contributed by atoms with van der Waals surface area (Å²) in [6.45, 7) is -0.292. The first kappa shape index (κ1) is 14.3. The molecule has 0 aliphatic rings. The SMILES string of the molecule is NC(=O)C(O)CNc1cc(C(=O)O)c([N+](=O)[O-])cn1. The molecule has 10 heteroatoms. The number of carboxylic acids is 1. The summed E-state index contributed by atoms with van der Waals surface area (Å²) in [4.78, 5) is 34.7. The van der Waals surface area contributed by atoms with Gasteiger partial charge in [-0.05, 0) is 0 Å². The zero-order valence-corrected chi connectivity index (χ0v) is 9.44. The molecule has 0 saturated carbocycles. The van der Waals surface area contributed by atoms with Gasteiger partial charge in [-0.25, -0.2) is 9.78 Å². The number of hydrogen-bond acceptors (Lipinski definition) is 7. The minimum atomic E-state index is -1.49. The molecule has 0 spiro atoms. The maximum absolute atomic E-state index is 10.8. The number of hydrogen-bond donors (Lipinski definition) is 4. The van der Waals surface area contributed by atoms with E-state index >= 15 is 0 Å². The molecule has 0 bridgehead atoms. The van der Waals surface area contributed by atoms with Crippen molar-refractivity contribution in [1.82, 2.24) is 4.98 Å². The molecule has 1 aromatic rings. The van der Waals surface area contributed by atoms with E-state index in [4.69, 9.17) is 15.9 Å². The standard InChI is InChI=1S/C9H10N4O6/c10-8(15)6(14)3-12-7-1-4(9(16)17)5(2-11-7)13(18)19/h1-2,6,14H,3H2,(H2,10,15)(H,11,12)(H,16,17). The summed E-state index contributed by atoms with van der Waals surface area (Å²) in [7, 11) is 0. The molecule has 5 N–H and O–H groups in total. The van der Waals surface area contributed by atoms with Crippen LogP contribution in [0.5, 0.6) is 0 Å². The largest absolute Gasteiger partial charge is 0.477 e. The number of nitrogens with one attached hydrogen (secondary N) is 1. The normalized spacial score (nSPS) is 11.6. The van der Waals surface area contributed by atoms with E-state index in [2.05, 4.69) is 10.3 Å². The van der Waals surface area contributed by atoms with Crippen molar-refractivity contribution in [2.75, 3.05) is 11.9 Å². The first-order chi connectivity index (χ1) is 8.82. The lowest BCUT2D eigenvalue weighted by Gasteiger charge is -2.09. The highest BCUT2D eigenvalue weighted by molar-refractivity contribution is 5.93. The third kappa shape index (κ3) is 3.61. The lowest BCUT2D eigenvalue weighted by atomic mass is 10.2. The number of nitrogens with two attached hydrogens (primary N) is 1. The van der Waals surface area contributed by atoms with E-state index in [9.17, 15) is 19.7 Å². The Bertz CT molecular complexity index is 531. The van der Waals surface area contributed by atoms with Crippen LogP contribution in [0.1, 0.15) is 10.4 Å². The number of aromatic carboxylic acids is 1. The van der Waals surface area contributed by atoms with Gasteiger partial charge in [0.05, 0.1) is 11.5 Å². The number of aliphatic hydroxyl groups excluding tert-OH is 1. The van der Waals surface area contributed by atoms with Crippen molar-refractivity contribution in [2.24, 2.45) is 5.73 Å². The van der Waals surface area contributed by atoms with Crippen molar-refractivity contribution in [3.63, 3.8) is 0 Å². The smallest absolute Gasteiger partial charge is 0.342 e. The van der Waals surface area contributed by atoms with E-state index in [1.165, 1.54) is 0 Å². The molecule has 1 atom stereocenters. The highest BCUT2D eigenvalue weighted by Crippen LogP contribution is 2.20. The van der Waals surface area contributed by atoms with E-state index in [0.717, 1.165) is 12.3 Å². The van der Waals surface area contributed by atoms with Gasteiger partial charge < -0.3 is 21.3 Å². The highest BCUT2D eigenvalue weighted by atomic mass is 16.6. The molecule has 1 rings (SSSR count). The number of carboxylic acid groups (broad SMARTS) is 1. The van der Waals surface area contributed by atoms with Crippen LogP contribution in [0.15, 0.2) is 12.3 Å². The van der Waals surface area contributed by atoms with Crippen LogP contribution in [-0.2, 0) is 4.79 Å². The van der Waals surface area contributed by atoms with E-state index in [0.29, 0.717) is 0 Å². The number of aliphatic hydroxyl groups is 1. The number of carbonyl (C=O) groups is 2. The lowest BCUT2D eigenvalue weighted by Crippen LogP contribution is -2.34. The number of rotatable bonds is 6. The zero-order chi connectivity index (χ0) is 14.6. The fraction of sp³-hybridized carbons (Fsp3) is 0.222. The van der Waals surface area contributed by atoms with Crippen LogP contribution in [0.2, 0.25) is 0 Å². The fourth-order valence-corrected chi connectivity index (χ4v) is 1.16. The van der Waals surface area contributed by atoms with E-state index < -0.39 is 34.2 Å². The van der Waals surface area contributed by atoms with Crippen molar-refractivity contribution in [1.29, 1.82) is 0 Å². The molecule has 0 fully saturated rings. The maximum atomic E-state index is 10.8. The van der Waals surface area contributed by atoms with Crippen molar-refractivity contribution in [3.8, 4) is 0 Å². The van der Waals surface area contributed by atoms with Crippen LogP contribution < -0.4 is 11.1 Å². The minimum Gasteiger partial charge on any atom is -0.477 e. The Balaban J connectivity index is 2.93. The van der Waals surface area contributed by atoms with Gasteiger partial charge in [-0.1, -0.05) is 0 Å². The summed E-state index contributed by atoms with van der Waals surface area (Å²) >= 11 is 0. The average Bonchev–Trinajstić information content (AvgIpc) is 2.35. The Morgan fingerprint density at radius 3 is 2.68 bits per heavy atom. The lowest BCUT2D eigenvalue weighted by molar-refractivity contribution is -0.385. The summed E-state index contributed by atoms with van der Waals surface area (Å²) in [5.74, 6) is -2.50. The monoisotopic (exact) mass is 270 g/mol. The van der Waals surface area contributed by atoms with Gasteiger partial charge >= 0.3 is 11.7 Å². The van der Waals surface area contributed by atoms with Gasteiger partial charge in [0.15, 0.2) is 0 Å². The summed E-state index contributed by atoms with van der Waals surface area (Å²) in [6, 6.07) is 0.925. The van der Waals surface area contributed by atoms with Crippen molar-refractivity contribution in [2.45, 2.75) is 6.10 Å². The van der Waals surface area contributed by atoms with Crippen LogP contribution in [0.25, 0.3) is 0 Å². The van der Waals surface area contributed by atoms with Crippen molar-refractivity contribution < 1.29 is 24.7 Å². The second-order valence-electron chi connectivity index (χ2n) is 3.45. The first-order valence-electron chi connectivity index (χ1n) is 4.92. The van der Waals surface area contributed by atoms with Crippen LogP contribution in [0, 0.1) is 10.1 Å². The number of primary amides is 1. The van der Waals surface area contributed by atoms with E-state index in [-0.39, 0.29) is 12.4 Å². The Morgan fingerprint density at radius 1 is 1.58 bits per heavy atom. The van der Waals surface area contributed by atoms with Gasteiger partial charge in [0, 0.05) is 6.07 Å². The van der Waals surface area contributed by atoms with Gasteiger partial charge in [0.25, 0.3) is 0 Å². The summed E-state index contributed by atoms with van der Waals surface area (Å²) in [5.41, 5.74) is 3.59. The second-order valence-corrected chi connectivity index (χ2v) is 3.45. The molecule has 1 aromatic heterocycles. The molecule has 1 unspecified atom stereocenters. The molecule has 1 heterocycles. The van der Waals surface area contributed by atoms with E-state index in [1.807, 2.05) is 0 Å². The predicted octanol–water partition coefficient (Wildman–Crippen LogP) is -1.05. The van der Waals surface area contributed by atoms with Gasteiger partial charge in [-0.3, -0.25) is 14.9 Å². The topological polar surface area (TPSA) is 169 Å². The summed E-state index contributed by atoms with van der Waals surface area (Å²) < 4.78 is 0. The van der Waals surface area contributed by atoms with Crippen molar-refractivity contribution >= 4 is 23.4 Å². The molecule has 0 aliphatic heterocycles. The maximum Gasteiger partial charge on any atom is 0.342 e. The van der Waals surface area contributed by atoms with Gasteiger partial charge in [-0.2, -0.15) is 0 Å². The molecule has 0 saturated heterocycles. The Morgan fingerprint density at radius 2 is 2.21 bits per heavy atom. The van der Waals surface area contributed by atoms with Crippen LogP contribution in [0.4, 0.5) is 11.5 Å². The fourth-order valence-electron chi connectivity index (χ4n) is 1.16. The van der Waals surface area contributed by atoms with Gasteiger partial charge in [0.2, 0.25) is 5.91 Å². The van der Waals surface area contributed by atoms with Gasteiger partial charge in [0.1, 0.15) is 23.7 Å². The second kappa shape index (κ2) is 5.73. The summed E-state index contributed by atoms with van der Waals surface area (Å²) in [6.07, 6.45) is -0.715. The van der Waals surface area contributed by atoms with Gasteiger partial charge in [-0.15, -0.1) is 0 Å². The third-order valence-corrected chi connectivity index (χ3v) is 2.11. The van der Waals surface area contributed by atoms with Crippen LogP contribution in [0.3, 0.4) is 0 Å². The molecular formula is C9H10N4O6. The number of nitro groups is 1. The predicted molar refractivity (Wildman–Crippen MR) is 61.5 cm³/mol. The van der Waals surface area contributed by atoms with Crippen molar-refractivity contribution in [3.05, 3.63) is 27.9 Å². The number of nitrogens with zero attached hydrogens (tertiary/aromatic N) is 2. The number of anilines is 1. The van der Waals surface area contributed by atoms with E-state index in [1.54, 1.807) is 0 Å².